The van der Waals surface area contributed by atoms with Crippen molar-refractivity contribution >= 4 is 16.0 Å². The van der Waals surface area contributed by atoms with Crippen LogP contribution in [0.1, 0.15) is 12.0 Å². The molecule has 122 valence electrons. The fourth-order valence-electron chi connectivity index (χ4n) is 2.05. The molecule has 7 heteroatoms. The molecule has 0 aromatic heterocycles. The predicted molar refractivity (Wildman–Crippen MR) is 82.7 cm³/mol. The normalized spacial score (nSPS) is 11.6. The molecule has 0 aliphatic heterocycles. The number of nitrogens with zero attached hydrogens (tertiary/aromatic N) is 1. The number of hydrogen-bond donors (Lipinski definition) is 1. The van der Waals surface area contributed by atoms with E-state index in [-0.39, 0.29) is 24.4 Å². The van der Waals surface area contributed by atoms with Gasteiger partial charge in [0.25, 0.3) is 0 Å². The van der Waals surface area contributed by atoms with E-state index in [1.54, 1.807) is 30.3 Å². The number of carboxylic acids is 1. The molecular weight excluding hydrogens is 321 g/mol. The Morgan fingerprint density at radius 3 is 2.22 bits per heavy atom. The zero-order chi connectivity index (χ0) is 16.9. The molecule has 0 bridgehead atoms. The molecule has 0 atom stereocenters. The van der Waals surface area contributed by atoms with E-state index < -0.39 is 21.8 Å². The van der Waals surface area contributed by atoms with E-state index in [2.05, 4.69) is 0 Å². The van der Waals surface area contributed by atoms with Crippen LogP contribution in [0.4, 0.5) is 4.39 Å². The fraction of sp³-hybridized carbons (Fsp3) is 0.188. The Kier molecular flexibility index (Phi) is 5.46. The van der Waals surface area contributed by atoms with Gasteiger partial charge in [0.2, 0.25) is 10.0 Å². The van der Waals surface area contributed by atoms with E-state index in [1.807, 2.05) is 0 Å². The maximum Gasteiger partial charge on any atom is 0.304 e. The third kappa shape index (κ3) is 4.61. The summed E-state index contributed by atoms with van der Waals surface area (Å²) in [4.78, 5) is 10.7. The van der Waals surface area contributed by atoms with Crippen molar-refractivity contribution in [1.82, 2.24) is 4.31 Å². The van der Waals surface area contributed by atoms with Gasteiger partial charge in [0.1, 0.15) is 5.82 Å². The number of halogens is 1. The minimum Gasteiger partial charge on any atom is -0.481 e. The van der Waals surface area contributed by atoms with Gasteiger partial charge in [-0.05, 0) is 29.8 Å². The van der Waals surface area contributed by atoms with Gasteiger partial charge in [0.15, 0.2) is 0 Å². The molecule has 2 aromatic rings. The van der Waals surface area contributed by atoms with Crippen LogP contribution in [-0.2, 0) is 21.4 Å². The van der Waals surface area contributed by atoms with Crippen LogP contribution >= 0.6 is 0 Å². The molecule has 0 amide bonds. The maximum absolute atomic E-state index is 13.0. The summed E-state index contributed by atoms with van der Waals surface area (Å²) in [5, 5.41) is 8.83. The number of aliphatic carboxylic acids is 1. The van der Waals surface area contributed by atoms with Gasteiger partial charge in [-0.15, -0.1) is 0 Å². The largest absolute Gasteiger partial charge is 0.481 e. The van der Waals surface area contributed by atoms with E-state index in [0.717, 1.165) is 22.0 Å². The minimum absolute atomic E-state index is 0.0494. The average molecular weight is 337 g/mol. The monoisotopic (exact) mass is 337 g/mol. The predicted octanol–water partition coefficient (Wildman–Crippen LogP) is 2.49. The molecule has 23 heavy (non-hydrogen) atoms. The first-order chi connectivity index (χ1) is 10.9. The average Bonchev–Trinajstić information content (AvgIpc) is 2.52. The summed E-state index contributed by atoms with van der Waals surface area (Å²) in [6.07, 6.45) is -0.312. The number of sulfonamides is 1. The lowest BCUT2D eigenvalue weighted by Crippen LogP contribution is -2.32. The van der Waals surface area contributed by atoms with Crippen LogP contribution in [0.5, 0.6) is 0 Å². The van der Waals surface area contributed by atoms with Crippen molar-refractivity contribution in [3.8, 4) is 0 Å². The lowest BCUT2D eigenvalue weighted by molar-refractivity contribution is -0.137. The molecular formula is C16H16FNO4S. The van der Waals surface area contributed by atoms with Crippen molar-refractivity contribution in [2.45, 2.75) is 17.9 Å². The molecule has 0 radical (unpaired) electrons. The van der Waals surface area contributed by atoms with E-state index >= 15 is 0 Å². The first kappa shape index (κ1) is 17.1. The van der Waals surface area contributed by atoms with Crippen molar-refractivity contribution in [2.24, 2.45) is 0 Å². The van der Waals surface area contributed by atoms with Crippen molar-refractivity contribution in [3.05, 3.63) is 66.0 Å². The second-order valence-corrected chi connectivity index (χ2v) is 6.86. The summed E-state index contributed by atoms with van der Waals surface area (Å²) < 4.78 is 39.4. The van der Waals surface area contributed by atoms with Gasteiger partial charge < -0.3 is 5.11 Å². The number of hydrogen-bond acceptors (Lipinski definition) is 3. The first-order valence-corrected chi connectivity index (χ1v) is 8.35. The second kappa shape index (κ2) is 7.34. The van der Waals surface area contributed by atoms with Crippen LogP contribution in [0.25, 0.3) is 0 Å². The van der Waals surface area contributed by atoms with Gasteiger partial charge in [-0.2, -0.15) is 4.31 Å². The zero-order valence-corrected chi connectivity index (χ0v) is 13.0. The highest BCUT2D eigenvalue weighted by Gasteiger charge is 2.25. The molecule has 0 unspecified atom stereocenters. The van der Waals surface area contributed by atoms with Crippen LogP contribution in [0, 0.1) is 5.82 Å². The van der Waals surface area contributed by atoms with Gasteiger partial charge in [0.05, 0.1) is 11.3 Å². The molecule has 2 aromatic carbocycles. The quantitative estimate of drug-likeness (QED) is 0.842. The maximum atomic E-state index is 13.0. The summed E-state index contributed by atoms with van der Waals surface area (Å²) >= 11 is 0. The summed E-state index contributed by atoms with van der Waals surface area (Å²) in [6, 6.07) is 13.3. The Labute approximate surface area is 134 Å². The van der Waals surface area contributed by atoms with Crippen molar-refractivity contribution in [2.75, 3.05) is 6.54 Å². The molecule has 0 saturated heterocycles. The topological polar surface area (TPSA) is 74.7 Å². The van der Waals surface area contributed by atoms with Crippen LogP contribution in [-0.4, -0.2) is 30.3 Å². The van der Waals surface area contributed by atoms with Crippen LogP contribution in [0.2, 0.25) is 0 Å². The van der Waals surface area contributed by atoms with Crippen molar-refractivity contribution in [1.29, 1.82) is 0 Å². The fourth-order valence-corrected chi connectivity index (χ4v) is 3.48. The number of carbonyl (C=O) groups is 1. The highest BCUT2D eigenvalue weighted by Crippen LogP contribution is 2.19. The van der Waals surface area contributed by atoms with E-state index in [0.29, 0.717) is 0 Å². The molecule has 0 heterocycles. The Morgan fingerprint density at radius 1 is 1.04 bits per heavy atom. The molecule has 0 saturated carbocycles. The molecule has 0 aliphatic carbocycles. The van der Waals surface area contributed by atoms with Gasteiger partial charge >= 0.3 is 5.97 Å². The Morgan fingerprint density at radius 2 is 1.65 bits per heavy atom. The Bertz CT molecular complexity index is 760. The highest BCUT2D eigenvalue weighted by atomic mass is 32.2. The molecule has 5 nitrogen and oxygen atoms in total. The Balaban J connectivity index is 2.31. The van der Waals surface area contributed by atoms with Crippen LogP contribution in [0.15, 0.2) is 59.5 Å². The summed E-state index contributed by atoms with van der Waals surface area (Å²) in [5.74, 6) is -1.62. The van der Waals surface area contributed by atoms with Gasteiger partial charge in [-0.25, -0.2) is 12.8 Å². The van der Waals surface area contributed by atoms with Crippen molar-refractivity contribution < 1.29 is 22.7 Å². The SMILES string of the molecule is O=C(O)CCN(Cc1ccccc1)S(=O)(=O)c1ccc(F)cc1. The Hall–Kier alpha value is -2.25. The lowest BCUT2D eigenvalue weighted by Gasteiger charge is -2.21. The van der Waals surface area contributed by atoms with Gasteiger partial charge in [-0.1, -0.05) is 30.3 Å². The molecule has 0 spiro atoms. The smallest absolute Gasteiger partial charge is 0.304 e. The summed E-state index contributed by atoms with van der Waals surface area (Å²) in [7, 11) is -3.91. The highest BCUT2D eigenvalue weighted by molar-refractivity contribution is 7.89. The van der Waals surface area contributed by atoms with Gasteiger partial charge in [0, 0.05) is 13.1 Å². The van der Waals surface area contributed by atoms with Crippen molar-refractivity contribution in [3.63, 3.8) is 0 Å². The van der Waals surface area contributed by atoms with Crippen LogP contribution in [0.3, 0.4) is 0 Å². The van der Waals surface area contributed by atoms with E-state index in [1.165, 1.54) is 12.1 Å². The standard InChI is InChI=1S/C16H16FNO4S/c17-14-6-8-15(9-7-14)23(21,22)18(11-10-16(19)20)12-13-4-2-1-3-5-13/h1-9H,10-12H2,(H,19,20). The first-order valence-electron chi connectivity index (χ1n) is 6.91. The molecule has 1 N–H and O–H groups in total. The third-order valence-electron chi connectivity index (χ3n) is 3.23. The van der Waals surface area contributed by atoms with E-state index in [9.17, 15) is 17.6 Å². The second-order valence-electron chi connectivity index (χ2n) is 4.92. The number of benzene rings is 2. The lowest BCUT2D eigenvalue weighted by atomic mass is 10.2. The number of carboxylic acid groups (broad SMARTS) is 1. The van der Waals surface area contributed by atoms with E-state index in [4.69, 9.17) is 5.11 Å². The summed E-state index contributed by atoms with van der Waals surface area (Å²) in [6.45, 7) is -0.113. The molecule has 2 rings (SSSR count). The van der Waals surface area contributed by atoms with Crippen LogP contribution < -0.4 is 0 Å². The van der Waals surface area contributed by atoms with Gasteiger partial charge in [-0.3, -0.25) is 4.79 Å². The minimum atomic E-state index is -3.91. The summed E-state index contributed by atoms with van der Waals surface area (Å²) in [5.41, 5.74) is 0.739. The zero-order valence-electron chi connectivity index (χ0n) is 12.2. The molecule has 0 fully saturated rings. The third-order valence-corrected chi connectivity index (χ3v) is 5.09. The number of rotatable bonds is 7. The molecule has 0 aliphatic rings.